The molecule has 0 spiro atoms. The van der Waals surface area contributed by atoms with Crippen LogP contribution in [0, 0.1) is 5.92 Å². The second-order valence-corrected chi connectivity index (χ2v) is 3.60. The summed E-state index contributed by atoms with van der Waals surface area (Å²) in [6, 6.07) is 0. The van der Waals surface area contributed by atoms with Crippen molar-refractivity contribution in [2.75, 3.05) is 13.6 Å². The normalized spacial score (nSPS) is 15.8. The molecule has 1 aliphatic rings. The molecule has 1 N–H and O–H groups in total. The number of amides is 1. The Labute approximate surface area is 83.2 Å². The van der Waals surface area contributed by atoms with Gasteiger partial charge in [-0.15, -0.1) is 0 Å². The van der Waals surface area contributed by atoms with Crippen LogP contribution < -0.4 is 0 Å². The second-order valence-electron chi connectivity index (χ2n) is 3.60. The molecular weight excluding hydrogens is 182 g/mol. The molecule has 0 radical (unpaired) electrons. The van der Waals surface area contributed by atoms with Crippen molar-refractivity contribution >= 4 is 11.9 Å². The van der Waals surface area contributed by atoms with E-state index in [4.69, 9.17) is 5.11 Å². The summed E-state index contributed by atoms with van der Waals surface area (Å²) >= 11 is 0. The van der Waals surface area contributed by atoms with Gasteiger partial charge in [0.15, 0.2) is 0 Å². The summed E-state index contributed by atoms with van der Waals surface area (Å²) in [7, 11) is 1.61. The largest absolute Gasteiger partial charge is 0.481 e. The lowest BCUT2D eigenvalue weighted by molar-refractivity contribution is -0.137. The van der Waals surface area contributed by atoms with Crippen molar-refractivity contribution in [2.45, 2.75) is 19.3 Å². The van der Waals surface area contributed by atoms with Gasteiger partial charge in [0.05, 0.1) is 6.42 Å². The number of likely N-dealkylation sites (N-methyl/N-ethyl adjacent to an activating group) is 1. The maximum absolute atomic E-state index is 11.3. The van der Waals surface area contributed by atoms with E-state index in [1.54, 1.807) is 13.1 Å². The van der Waals surface area contributed by atoms with Gasteiger partial charge in [-0.2, -0.15) is 0 Å². The van der Waals surface area contributed by atoms with Crippen LogP contribution in [0.3, 0.4) is 0 Å². The number of hydrogen-bond acceptors (Lipinski definition) is 2. The first-order valence-corrected chi connectivity index (χ1v) is 4.74. The average Bonchev–Trinajstić information content (AvgIpc) is 2.93. The molecule has 0 aromatic heterocycles. The number of aliphatic carboxylic acids is 1. The van der Waals surface area contributed by atoms with Gasteiger partial charge in [0.1, 0.15) is 0 Å². The summed E-state index contributed by atoms with van der Waals surface area (Å²) in [5.74, 6) is -0.416. The van der Waals surface area contributed by atoms with Gasteiger partial charge in [-0.05, 0) is 24.8 Å². The molecule has 0 unspecified atom stereocenters. The zero-order chi connectivity index (χ0) is 10.6. The van der Waals surface area contributed by atoms with E-state index in [-0.39, 0.29) is 18.9 Å². The highest BCUT2D eigenvalue weighted by Gasteiger charge is 2.18. The summed E-state index contributed by atoms with van der Waals surface area (Å²) in [4.78, 5) is 23.0. The molecule has 1 aliphatic carbocycles. The van der Waals surface area contributed by atoms with Crippen molar-refractivity contribution < 1.29 is 14.7 Å². The highest BCUT2D eigenvalue weighted by Crippen LogP contribution is 2.29. The fraction of sp³-hybridized carbons (Fsp3) is 0.600. The summed E-state index contributed by atoms with van der Waals surface area (Å²) in [6.07, 6.45) is 5.78. The third kappa shape index (κ3) is 4.07. The Morgan fingerprint density at radius 3 is 2.64 bits per heavy atom. The topological polar surface area (TPSA) is 57.6 Å². The van der Waals surface area contributed by atoms with Gasteiger partial charge in [-0.25, -0.2) is 0 Å². The summed E-state index contributed by atoms with van der Waals surface area (Å²) in [5, 5.41) is 8.42. The first-order valence-electron chi connectivity index (χ1n) is 4.74. The molecule has 1 amide bonds. The van der Waals surface area contributed by atoms with Crippen LogP contribution in [0.15, 0.2) is 12.2 Å². The van der Waals surface area contributed by atoms with Crippen LogP contribution in [0.4, 0.5) is 0 Å². The monoisotopic (exact) mass is 197 g/mol. The Morgan fingerprint density at radius 2 is 2.14 bits per heavy atom. The predicted octanol–water partition coefficient (Wildman–Crippen LogP) is 0.886. The second kappa shape index (κ2) is 4.79. The Balaban J connectivity index is 2.24. The Bertz CT molecular complexity index is 256. The Morgan fingerprint density at radius 1 is 1.50 bits per heavy atom. The summed E-state index contributed by atoms with van der Waals surface area (Å²) in [5.41, 5.74) is 0. The van der Waals surface area contributed by atoms with E-state index in [9.17, 15) is 9.59 Å². The minimum atomic E-state index is -0.879. The van der Waals surface area contributed by atoms with Crippen LogP contribution in [-0.2, 0) is 9.59 Å². The van der Waals surface area contributed by atoms with Gasteiger partial charge in [0, 0.05) is 13.6 Å². The third-order valence-electron chi connectivity index (χ3n) is 2.17. The molecule has 78 valence electrons. The highest BCUT2D eigenvalue weighted by molar-refractivity contribution is 5.87. The molecule has 0 heterocycles. The molecule has 0 aliphatic heterocycles. The molecule has 0 bridgehead atoms. The zero-order valence-electron chi connectivity index (χ0n) is 8.27. The van der Waals surface area contributed by atoms with Crippen molar-refractivity contribution in [3.63, 3.8) is 0 Å². The molecule has 0 atom stereocenters. The van der Waals surface area contributed by atoms with E-state index in [1.165, 1.54) is 17.7 Å². The fourth-order valence-electron chi connectivity index (χ4n) is 1.01. The average molecular weight is 197 g/mol. The SMILES string of the molecule is CN(CCC(=O)O)C(=O)/C=C/C1CC1. The van der Waals surface area contributed by atoms with Gasteiger partial charge >= 0.3 is 5.97 Å². The number of hydrogen-bond donors (Lipinski definition) is 1. The Kier molecular flexibility index (Phi) is 3.68. The van der Waals surface area contributed by atoms with Crippen molar-refractivity contribution in [1.29, 1.82) is 0 Å². The van der Waals surface area contributed by atoms with E-state index >= 15 is 0 Å². The minimum absolute atomic E-state index is 0.000488. The molecule has 1 saturated carbocycles. The Hall–Kier alpha value is -1.32. The van der Waals surface area contributed by atoms with E-state index in [1.807, 2.05) is 6.08 Å². The molecule has 1 rings (SSSR count). The number of carboxylic acid groups (broad SMARTS) is 1. The molecule has 4 heteroatoms. The van der Waals surface area contributed by atoms with E-state index in [2.05, 4.69) is 0 Å². The van der Waals surface area contributed by atoms with Crippen molar-refractivity contribution in [2.24, 2.45) is 5.92 Å². The van der Waals surface area contributed by atoms with Gasteiger partial charge in [-0.3, -0.25) is 9.59 Å². The van der Waals surface area contributed by atoms with Crippen molar-refractivity contribution in [3.8, 4) is 0 Å². The van der Waals surface area contributed by atoms with E-state index in [0.29, 0.717) is 5.92 Å². The van der Waals surface area contributed by atoms with Crippen molar-refractivity contribution in [3.05, 3.63) is 12.2 Å². The smallest absolute Gasteiger partial charge is 0.305 e. The first-order chi connectivity index (χ1) is 6.59. The summed E-state index contributed by atoms with van der Waals surface area (Å²) < 4.78 is 0. The van der Waals surface area contributed by atoms with Crippen LogP contribution in [0.2, 0.25) is 0 Å². The quantitative estimate of drug-likeness (QED) is 0.666. The lowest BCUT2D eigenvalue weighted by Crippen LogP contribution is -2.27. The number of carbonyl (C=O) groups excluding carboxylic acids is 1. The van der Waals surface area contributed by atoms with Crippen LogP contribution in [0.25, 0.3) is 0 Å². The molecule has 0 aromatic carbocycles. The number of rotatable bonds is 5. The van der Waals surface area contributed by atoms with Crippen LogP contribution in [-0.4, -0.2) is 35.5 Å². The lowest BCUT2D eigenvalue weighted by Gasteiger charge is -2.12. The van der Waals surface area contributed by atoms with Crippen molar-refractivity contribution in [1.82, 2.24) is 4.90 Å². The fourth-order valence-corrected chi connectivity index (χ4v) is 1.01. The van der Waals surface area contributed by atoms with Gasteiger partial charge in [-0.1, -0.05) is 6.08 Å². The summed E-state index contributed by atoms with van der Waals surface area (Å²) in [6.45, 7) is 0.267. The zero-order valence-corrected chi connectivity index (χ0v) is 8.27. The van der Waals surface area contributed by atoms with Crippen LogP contribution in [0.1, 0.15) is 19.3 Å². The van der Waals surface area contributed by atoms with E-state index < -0.39 is 5.97 Å². The maximum Gasteiger partial charge on any atom is 0.305 e. The molecule has 4 nitrogen and oxygen atoms in total. The first kappa shape index (κ1) is 10.8. The standard InChI is InChI=1S/C10H15NO3/c1-11(7-6-10(13)14)9(12)5-4-8-2-3-8/h4-5,8H,2-3,6-7H2,1H3,(H,13,14)/b5-4+. The highest BCUT2D eigenvalue weighted by atomic mass is 16.4. The number of nitrogens with zero attached hydrogens (tertiary/aromatic N) is 1. The molecular formula is C10H15NO3. The van der Waals surface area contributed by atoms with Gasteiger partial charge < -0.3 is 10.0 Å². The molecule has 1 fully saturated rings. The molecule has 14 heavy (non-hydrogen) atoms. The van der Waals surface area contributed by atoms with Crippen LogP contribution >= 0.6 is 0 Å². The number of carboxylic acids is 1. The molecule has 0 aromatic rings. The maximum atomic E-state index is 11.3. The molecule has 0 saturated heterocycles. The van der Waals surface area contributed by atoms with E-state index in [0.717, 1.165) is 0 Å². The van der Waals surface area contributed by atoms with Gasteiger partial charge in [0.25, 0.3) is 0 Å². The predicted molar refractivity (Wildman–Crippen MR) is 51.8 cm³/mol. The minimum Gasteiger partial charge on any atom is -0.481 e. The number of allylic oxidation sites excluding steroid dienone is 1. The van der Waals surface area contributed by atoms with Crippen LogP contribution in [0.5, 0.6) is 0 Å². The third-order valence-corrected chi connectivity index (χ3v) is 2.17. The van der Waals surface area contributed by atoms with Gasteiger partial charge in [0.2, 0.25) is 5.91 Å². The number of carbonyl (C=O) groups is 2. The lowest BCUT2D eigenvalue weighted by atomic mass is 10.3.